The molecule has 0 heterocycles. The van der Waals surface area contributed by atoms with Gasteiger partial charge in [-0.25, -0.2) is 17.5 Å². The van der Waals surface area contributed by atoms with Crippen LogP contribution in [0.5, 0.6) is 0 Å². The first-order valence-corrected chi connectivity index (χ1v) is 7.52. The van der Waals surface area contributed by atoms with Crippen LogP contribution in [0.2, 0.25) is 0 Å². The van der Waals surface area contributed by atoms with Crippen LogP contribution >= 0.6 is 0 Å². The Labute approximate surface area is 121 Å². The first kappa shape index (κ1) is 15.1. The zero-order valence-electron chi connectivity index (χ0n) is 11.1. The van der Waals surface area contributed by atoms with E-state index in [4.69, 9.17) is 0 Å². The molecule has 0 fully saturated rings. The third-order valence-corrected chi connectivity index (χ3v) is 4.27. The largest absolute Gasteiger partial charge is 0.321 e. The lowest BCUT2D eigenvalue weighted by atomic mass is 10.2. The Morgan fingerprint density at radius 2 is 1.67 bits per heavy atom. The van der Waals surface area contributed by atoms with Crippen LogP contribution in [0.1, 0.15) is 10.4 Å². The molecule has 0 spiro atoms. The number of hydrogen-bond donors (Lipinski definition) is 2. The molecule has 0 aliphatic heterocycles. The van der Waals surface area contributed by atoms with Gasteiger partial charge < -0.3 is 5.32 Å². The van der Waals surface area contributed by atoms with E-state index in [1.54, 1.807) is 12.1 Å². The van der Waals surface area contributed by atoms with Crippen molar-refractivity contribution in [2.75, 3.05) is 12.4 Å². The van der Waals surface area contributed by atoms with Crippen LogP contribution in [-0.2, 0) is 10.0 Å². The second-order valence-corrected chi connectivity index (χ2v) is 6.02. The number of sulfonamides is 1. The third-order valence-electron chi connectivity index (χ3n) is 2.80. The lowest BCUT2D eigenvalue weighted by Crippen LogP contribution is -2.21. The number of rotatable bonds is 4. The number of halogens is 1. The van der Waals surface area contributed by atoms with Gasteiger partial charge in [-0.15, -0.1) is 0 Å². The van der Waals surface area contributed by atoms with Gasteiger partial charge in [0.1, 0.15) is 10.7 Å². The minimum absolute atomic E-state index is 0.0389. The molecule has 0 aromatic heterocycles. The van der Waals surface area contributed by atoms with E-state index in [-0.39, 0.29) is 16.1 Å². The average Bonchev–Trinajstić information content (AvgIpc) is 2.48. The van der Waals surface area contributed by atoms with Gasteiger partial charge in [0.25, 0.3) is 5.91 Å². The molecule has 0 unspecified atom stereocenters. The van der Waals surface area contributed by atoms with Crippen molar-refractivity contribution in [3.05, 3.63) is 59.9 Å². The lowest BCUT2D eigenvalue weighted by Gasteiger charge is -2.11. The van der Waals surface area contributed by atoms with Gasteiger partial charge in [-0.3, -0.25) is 4.79 Å². The monoisotopic (exact) mass is 308 g/mol. The summed E-state index contributed by atoms with van der Waals surface area (Å²) in [5.41, 5.74) is 0.384. The maximum Gasteiger partial charge on any atom is 0.255 e. The second kappa shape index (κ2) is 6.02. The van der Waals surface area contributed by atoms with E-state index in [1.807, 2.05) is 0 Å². The Kier molecular flexibility index (Phi) is 4.35. The second-order valence-electron chi connectivity index (χ2n) is 4.16. The molecule has 0 saturated heterocycles. The van der Waals surface area contributed by atoms with Gasteiger partial charge in [0.2, 0.25) is 10.0 Å². The van der Waals surface area contributed by atoms with E-state index in [1.165, 1.54) is 31.3 Å². The zero-order chi connectivity index (χ0) is 15.5. The lowest BCUT2D eigenvalue weighted by molar-refractivity contribution is 0.102. The molecule has 0 aliphatic rings. The van der Waals surface area contributed by atoms with Crippen molar-refractivity contribution in [2.24, 2.45) is 0 Å². The molecule has 5 nitrogen and oxygen atoms in total. The van der Waals surface area contributed by atoms with Crippen molar-refractivity contribution in [1.82, 2.24) is 4.72 Å². The molecule has 2 rings (SSSR count). The predicted molar refractivity (Wildman–Crippen MR) is 77.0 cm³/mol. The van der Waals surface area contributed by atoms with E-state index < -0.39 is 21.7 Å². The molecule has 2 aromatic carbocycles. The summed E-state index contributed by atoms with van der Waals surface area (Å²) in [6.45, 7) is 0. The fraction of sp³-hybridized carbons (Fsp3) is 0.0714. The molecule has 110 valence electrons. The molecular weight excluding hydrogens is 295 g/mol. The van der Waals surface area contributed by atoms with E-state index in [2.05, 4.69) is 10.0 Å². The summed E-state index contributed by atoms with van der Waals surface area (Å²) in [6, 6.07) is 11.0. The van der Waals surface area contributed by atoms with Crippen molar-refractivity contribution in [2.45, 2.75) is 4.90 Å². The molecule has 0 atom stereocenters. The Bertz CT molecular complexity index is 758. The number of anilines is 1. The topological polar surface area (TPSA) is 75.3 Å². The number of nitrogens with one attached hydrogen (secondary N) is 2. The Morgan fingerprint density at radius 3 is 2.29 bits per heavy atom. The number of carbonyl (C=O) groups is 1. The number of amides is 1. The number of para-hydroxylation sites is 1. The molecule has 21 heavy (non-hydrogen) atoms. The van der Waals surface area contributed by atoms with Crippen LogP contribution in [0.15, 0.2) is 53.4 Å². The highest BCUT2D eigenvalue weighted by molar-refractivity contribution is 7.89. The maximum absolute atomic E-state index is 12.8. The average molecular weight is 308 g/mol. The fourth-order valence-electron chi connectivity index (χ4n) is 1.71. The van der Waals surface area contributed by atoms with E-state index in [0.717, 1.165) is 12.1 Å². The molecule has 2 aromatic rings. The number of carbonyl (C=O) groups excluding carboxylic acids is 1. The highest BCUT2D eigenvalue weighted by Gasteiger charge is 2.17. The predicted octanol–water partition coefficient (Wildman–Crippen LogP) is 1.99. The maximum atomic E-state index is 12.8. The first-order chi connectivity index (χ1) is 9.94. The van der Waals surface area contributed by atoms with Crippen LogP contribution in [0, 0.1) is 5.82 Å². The standard InChI is InChI=1S/C14H13FN2O3S/c1-16-21(19,20)13-5-3-2-4-12(13)17-14(18)10-6-8-11(15)9-7-10/h2-9,16H,1H3,(H,17,18). The van der Waals surface area contributed by atoms with E-state index >= 15 is 0 Å². The van der Waals surface area contributed by atoms with Gasteiger partial charge in [-0.05, 0) is 43.4 Å². The van der Waals surface area contributed by atoms with Gasteiger partial charge in [0, 0.05) is 5.56 Å². The number of benzene rings is 2. The van der Waals surface area contributed by atoms with Crippen LogP contribution in [0.25, 0.3) is 0 Å². The van der Waals surface area contributed by atoms with Crippen LogP contribution < -0.4 is 10.0 Å². The highest BCUT2D eigenvalue weighted by atomic mass is 32.2. The number of hydrogen-bond acceptors (Lipinski definition) is 3. The summed E-state index contributed by atoms with van der Waals surface area (Å²) in [6.07, 6.45) is 0. The van der Waals surface area contributed by atoms with Gasteiger partial charge in [0.15, 0.2) is 0 Å². The molecule has 0 radical (unpaired) electrons. The Hall–Kier alpha value is -2.25. The minimum Gasteiger partial charge on any atom is -0.321 e. The van der Waals surface area contributed by atoms with Crippen LogP contribution in [0.3, 0.4) is 0 Å². The van der Waals surface area contributed by atoms with Gasteiger partial charge in [-0.2, -0.15) is 0 Å². The van der Waals surface area contributed by atoms with Crippen LogP contribution in [-0.4, -0.2) is 21.4 Å². The van der Waals surface area contributed by atoms with Crippen molar-refractivity contribution >= 4 is 21.6 Å². The Morgan fingerprint density at radius 1 is 1.05 bits per heavy atom. The molecular formula is C14H13FN2O3S. The van der Waals surface area contributed by atoms with Crippen LogP contribution in [0.4, 0.5) is 10.1 Å². The summed E-state index contributed by atoms with van der Waals surface area (Å²) in [5.74, 6) is -0.974. The fourth-order valence-corrected chi connectivity index (χ4v) is 2.60. The van der Waals surface area contributed by atoms with E-state index in [0.29, 0.717) is 0 Å². The van der Waals surface area contributed by atoms with Gasteiger partial charge >= 0.3 is 0 Å². The molecule has 2 N–H and O–H groups in total. The smallest absolute Gasteiger partial charge is 0.255 e. The van der Waals surface area contributed by atoms with Gasteiger partial charge in [0.05, 0.1) is 5.69 Å². The molecule has 1 amide bonds. The minimum atomic E-state index is -3.69. The SMILES string of the molecule is CNS(=O)(=O)c1ccccc1NC(=O)c1ccc(F)cc1. The van der Waals surface area contributed by atoms with Crippen molar-refractivity contribution in [3.63, 3.8) is 0 Å². The molecule has 0 saturated carbocycles. The first-order valence-electron chi connectivity index (χ1n) is 6.03. The summed E-state index contributed by atoms with van der Waals surface area (Å²) < 4.78 is 38.8. The zero-order valence-corrected chi connectivity index (χ0v) is 11.9. The molecule has 7 heteroatoms. The summed E-state index contributed by atoms with van der Waals surface area (Å²) in [5, 5.41) is 2.51. The van der Waals surface area contributed by atoms with Crippen molar-refractivity contribution in [1.29, 1.82) is 0 Å². The summed E-state index contributed by atoms with van der Waals surface area (Å²) in [7, 11) is -2.40. The summed E-state index contributed by atoms with van der Waals surface area (Å²) >= 11 is 0. The quantitative estimate of drug-likeness (QED) is 0.907. The highest BCUT2D eigenvalue weighted by Crippen LogP contribution is 2.21. The third kappa shape index (κ3) is 3.45. The van der Waals surface area contributed by atoms with Crippen molar-refractivity contribution in [3.8, 4) is 0 Å². The summed E-state index contributed by atoms with van der Waals surface area (Å²) in [4.78, 5) is 12.0. The molecule has 0 aliphatic carbocycles. The Balaban J connectivity index is 2.32. The molecule has 0 bridgehead atoms. The normalized spacial score (nSPS) is 11.1. The van der Waals surface area contributed by atoms with Gasteiger partial charge in [-0.1, -0.05) is 12.1 Å². The van der Waals surface area contributed by atoms with Crippen molar-refractivity contribution < 1.29 is 17.6 Å². The van der Waals surface area contributed by atoms with E-state index in [9.17, 15) is 17.6 Å².